The standard InChI is InChI=1S/C12H12BrNO4/c13-11(8-4-2-1-3-5-8)12(17)18-14-9(15)6-7-10(14)16/h1-5,9,11,15H,6-7H2. The van der Waals surface area contributed by atoms with Gasteiger partial charge in [-0.25, -0.2) is 4.79 Å². The molecule has 0 saturated carbocycles. The summed E-state index contributed by atoms with van der Waals surface area (Å²) in [7, 11) is 0. The number of aliphatic hydroxyl groups is 1. The summed E-state index contributed by atoms with van der Waals surface area (Å²) in [5.41, 5.74) is 0.726. The normalized spacial score (nSPS) is 20.9. The van der Waals surface area contributed by atoms with Crippen molar-refractivity contribution in [2.45, 2.75) is 23.9 Å². The third-order valence-electron chi connectivity index (χ3n) is 2.62. The third kappa shape index (κ3) is 2.70. The zero-order chi connectivity index (χ0) is 13.1. The van der Waals surface area contributed by atoms with Crippen molar-refractivity contribution in [2.24, 2.45) is 0 Å². The van der Waals surface area contributed by atoms with Crippen LogP contribution in [0.4, 0.5) is 0 Å². The van der Waals surface area contributed by atoms with Crippen LogP contribution < -0.4 is 0 Å². The molecule has 96 valence electrons. The van der Waals surface area contributed by atoms with E-state index in [4.69, 9.17) is 4.84 Å². The smallest absolute Gasteiger partial charge is 0.350 e. The summed E-state index contributed by atoms with van der Waals surface area (Å²) in [5, 5.41) is 10.2. The van der Waals surface area contributed by atoms with Crippen LogP contribution in [-0.2, 0) is 14.4 Å². The average molecular weight is 314 g/mol. The van der Waals surface area contributed by atoms with Gasteiger partial charge in [0.15, 0.2) is 6.23 Å². The summed E-state index contributed by atoms with van der Waals surface area (Å²) in [5.74, 6) is -1.01. The van der Waals surface area contributed by atoms with Gasteiger partial charge in [-0.3, -0.25) is 4.79 Å². The average Bonchev–Trinajstić information content (AvgIpc) is 2.70. The Hall–Kier alpha value is -1.40. The van der Waals surface area contributed by atoms with E-state index in [1.165, 1.54) is 0 Å². The Morgan fingerprint density at radius 3 is 2.67 bits per heavy atom. The van der Waals surface area contributed by atoms with Gasteiger partial charge in [0.05, 0.1) is 0 Å². The van der Waals surface area contributed by atoms with Gasteiger partial charge < -0.3 is 9.94 Å². The van der Waals surface area contributed by atoms with Crippen LogP contribution in [0.1, 0.15) is 23.2 Å². The number of hydroxylamine groups is 2. The number of hydrogen-bond donors (Lipinski definition) is 1. The van der Waals surface area contributed by atoms with E-state index < -0.39 is 17.0 Å². The zero-order valence-electron chi connectivity index (χ0n) is 9.45. The first-order valence-electron chi connectivity index (χ1n) is 5.50. The molecule has 1 aromatic carbocycles. The van der Waals surface area contributed by atoms with Crippen molar-refractivity contribution in [3.05, 3.63) is 35.9 Å². The van der Waals surface area contributed by atoms with Crippen LogP contribution in [0, 0.1) is 0 Å². The first-order chi connectivity index (χ1) is 8.59. The molecule has 18 heavy (non-hydrogen) atoms. The van der Waals surface area contributed by atoms with Gasteiger partial charge in [-0.05, 0) is 5.56 Å². The molecule has 1 aliphatic heterocycles. The number of aliphatic hydroxyl groups excluding tert-OH is 1. The van der Waals surface area contributed by atoms with E-state index in [0.717, 1.165) is 10.6 Å². The molecule has 1 N–H and O–H groups in total. The van der Waals surface area contributed by atoms with E-state index in [9.17, 15) is 14.7 Å². The topological polar surface area (TPSA) is 66.8 Å². The molecule has 0 aliphatic carbocycles. The predicted octanol–water partition coefficient (Wildman–Crippen LogP) is 1.52. The van der Waals surface area contributed by atoms with E-state index in [1.807, 2.05) is 6.07 Å². The zero-order valence-corrected chi connectivity index (χ0v) is 11.0. The maximum Gasteiger partial charge on any atom is 0.350 e. The number of halogens is 1. The molecule has 5 nitrogen and oxygen atoms in total. The number of rotatable bonds is 3. The van der Waals surface area contributed by atoms with Gasteiger partial charge in [0.2, 0.25) is 0 Å². The molecule has 0 bridgehead atoms. The molecule has 0 radical (unpaired) electrons. The molecule has 2 unspecified atom stereocenters. The molecule has 6 heteroatoms. The highest BCUT2D eigenvalue weighted by molar-refractivity contribution is 9.09. The Kier molecular flexibility index (Phi) is 3.98. The summed E-state index contributed by atoms with van der Waals surface area (Å²) in [6.07, 6.45) is -0.575. The number of alkyl halides is 1. The fourth-order valence-corrected chi connectivity index (χ4v) is 2.05. The van der Waals surface area contributed by atoms with Gasteiger partial charge in [-0.2, -0.15) is 0 Å². The van der Waals surface area contributed by atoms with E-state index in [1.54, 1.807) is 24.3 Å². The van der Waals surface area contributed by atoms with Gasteiger partial charge in [-0.1, -0.05) is 46.3 Å². The highest BCUT2D eigenvalue weighted by atomic mass is 79.9. The van der Waals surface area contributed by atoms with Crippen LogP contribution in [0.15, 0.2) is 30.3 Å². The molecular formula is C12H12BrNO4. The fourth-order valence-electron chi connectivity index (χ4n) is 1.66. The van der Waals surface area contributed by atoms with Crippen molar-refractivity contribution in [1.29, 1.82) is 0 Å². The molecule has 1 saturated heterocycles. The van der Waals surface area contributed by atoms with Crippen LogP contribution in [0.2, 0.25) is 0 Å². The number of carbonyl (C=O) groups excluding carboxylic acids is 2. The van der Waals surface area contributed by atoms with Crippen molar-refractivity contribution in [3.8, 4) is 0 Å². The lowest BCUT2D eigenvalue weighted by atomic mass is 10.2. The molecule has 1 heterocycles. The Balaban J connectivity index is 2.02. The molecule has 1 aliphatic rings. The molecule has 0 spiro atoms. The Morgan fingerprint density at radius 1 is 1.44 bits per heavy atom. The summed E-state index contributed by atoms with van der Waals surface area (Å²) < 4.78 is 0. The lowest BCUT2D eigenvalue weighted by molar-refractivity contribution is -0.220. The third-order valence-corrected chi connectivity index (χ3v) is 3.52. The number of amides is 1. The van der Waals surface area contributed by atoms with Gasteiger partial charge in [0.1, 0.15) is 4.83 Å². The number of nitrogens with zero attached hydrogens (tertiary/aromatic N) is 1. The minimum absolute atomic E-state index is 0.187. The maximum atomic E-state index is 11.8. The van der Waals surface area contributed by atoms with Crippen molar-refractivity contribution in [2.75, 3.05) is 0 Å². The van der Waals surface area contributed by atoms with Crippen LogP contribution in [0.5, 0.6) is 0 Å². The molecule has 1 amide bonds. The maximum absolute atomic E-state index is 11.8. The van der Waals surface area contributed by atoms with E-state index >= 15 is 0 Å². The summed E-state index contributed by atoms with van der Waals surface area (Å²) in [6, 6.07) is 8.97. The minimum atomic E-state index is -1.04. The van der Waals surface area contributed by atoms with Crippen LogP contribution in [0.3, 0.4) is 0 Å². The first-order valence-corrected chi connectivity index (χ1v) is 6.42. The van der Waals surface area contributed by atoms with Crippen LogP contribution >= 0.6 is 15.9 Å². The molecule has 1 fully saturated rings. The molecule has 2 atom stereocenters. The van der Waals surface area contributed by atoms with Gasteiger partial charge >= 0.3 is 5.97 Å². The van der Waals surface area contributed by atoms with E-state index in [2.05, 4.69) is 15.9 Å². The number of hydrogen-bond acceptors (Lipinski definition) is 4. The summed E-state index contributed by atoms with van der Waals surface area (Å²) in [6.45, 7) is 0. The van der Waals surface area contributed by atoms with Gasteiger partial charge in [-0.15, -0.1) is 5.06 Å². The lowest BCUT2D eigenvalue weighted by Crippen LogP contribution is -2.36. The largest absolute Gasteiger partial charge is 0.370 e. The second-order valence-corrected chi connectivity index (χ2v) is 4.84. The summed E-state index contributed by atoms with van der Waals surface area (Å²) in [4.78, 5) is 27.4. The van der Waals surface area contributed by atoms with Crippen LogP contribution in [0.25, 0.3) is 0 Å². The predicted molar refractivity (Wildman–Crippen MR) is 66.3 cm³/mol. The lowest BCUT2D eigenvalue weighted by Gasteiger charge is -2.20. The number of benzene rings is 1. The molecule has 1 aromatic rings. The molecular weight excluding hydrogens is 302 g/mol. The quantitative estimate of drug-likeness (QED) is 0.859. The number of carbonyl (C=O) groups is 2. The van der Waals surface area contributed by atoms with Crippen molar-refractivity contribution < 1.29 is 19.5 Å². The molecule has 2 rings (SSSR count). The SMILES string of the molecule is O=C(ON1C(=O)CCC1O)C(Br)c1ccccc1. The van der Waals surface area contributed by atoms with E-state index in [-0.39, 0.29) is 18.7 Å². The van der Waals surface area contributed by atoms with E-state index in [0.29, 0.717) is 0 Å². The van der Waals surface area contributed by atoms with Crippen molar-refractivity contribution >= 4 is 27.8 Å². The van der Waals surface area contributed by atoms with Gasteiger partial charge in [0, 0.05) is 12.8 Å². The van der Waals surface area contributed by atoms with Crippen molar-refractivity contribution in [1.82, 2.24) is 5.06 Å². The Labute approximate surface area is 112 Å². The van der Waals surface area contributed by atoms with Crippen molar-refractivity contribution in [3.63, 3.8) is 0 Å². The summed E-state index contributed by atoms with van der Waals surface area (Å²) >= 11 is 3.20. The minimum Gasteiger partial charge on any atom is -0.370 e. The second-order valence-electron chi connectivity index (χ2n) is 3.92. The fraction of sp³-hybridized carbons (Fsp3) is 0.333. The monoisotopic (exact) mass is 313 g/mol. The Bertz CT molecular complexity index is 451. The van der Waals surface area contributed by atoms with Crippen LogP contribution in [-0.4, -0.2) is 28.3 Å². The second kappa shape index (κ2) is 5.49. The van der Waals surface area contributed by atoms with Gasteiger partial charge in [0.25, 0.3) is 5.91 Å². The molecule has 0 aromatic heterocycles. The Morgan fingerprint density at radius 2 is 2.11 bits per heavy atom. The first kappa shape index (κ1) is 13.0. The highest BCUT2D eigenvalue weighted by Gasteiger charge is 2.34. The highest BCUT2D eigenvalue weighted by Crippen LogP contribution is 2.26.